The van der Waals surface area contributed by atoms with E-state index in [1.54, 1.807) is 6.08 Å². The Morgan fingerprint density at radius 2 is 1.59 bits per heavy atom. The van der Waals surface area contributed by atoms with Crippen molar-refractivity contribution in [3.63, 3.8) is 0 Å². The van der Waals surface area contributed by atoms with E-state index >= 15 is 0 Å². The Labute approximate surface area is 191 Å². The third kappa shape index (κ3) is 6.42. The molecule has 1 aliphatic rings. The zero-order chi connectivity index (χ0) is 23.1. The molecule has 2 aromatic carbocycles. The number of anilines is 2. The SMILES string of the molecule is O=C(/C=C/c1cccc(NC(=S)Nc2ccccc2)c1)C[C@@H]1O[C@H](CO)[C@@H](O)[C@H](O)[C@H]1O. The van der Waals surface area contributed by atoms with E-state index in [4.69, 9.17) is 17.0 Å². The van der Waals surface area contributed by atoms with Crippen LogP contribution >= 0.6 is 12.2 Å². The fourth-order valence-corrected chi connectivity index (χ4v) is 3.57. The molecule has 0 aromatic heterocycles. The van der Waals surface area contributed by atoms with Crippen LogP contribution in [0, 0.1) is 0 Å². The van der Waals surface area contributed by atoms with Gasteiger partial charge in [0, 0.05) is 17.8 Å². The van der Waals surface area contributed by atoms with E-state index < -0.39 is 37.1 Å². The van der Waals surface area contributed by atoms with Crippen LogP contribution in [0.1, 0.15) is 12.0 Å². The Morgan fingerprint density at radius 1 is 0.938 bits per heavy atom. The Hall–Kier alpha value is -2.66. The zero-order valence-electron chi connectivity index (χ0n) is 17.2. The van der Waals surface area contributed by atoms with E-state index in [1.165, 1.54) is 6.08 Å². The van der Waals surface area contributed by atoms with Crippen molar-refractivity contribution >= 4 is 40.6 Å². The molecule has 0 spiro atoms. The standard InChI is InChI=1S/C23H26N2O6S/c26-13-19-21(29)22(30)20(28)18(31-19)12-17(27)10-9-14-5-4-8-16(11-14)25-23(32)24-15-6-2-1-3-7-15/h1-11,18-22,26,28-30H,12-13H2,(H2,24,25,32)/b10-9+/t18-,19+,20-,21+,22+/m0/s1. The van der Waals surface area contributed by atoms with E-state index in [0.29, 0.717) is 5.11 Å². The van der Waals surface area contributed by atoms with Gasteiger partial charge >= 0.3 is 0 Å². The maximum Gasteiger partial charge on any atom is 0.175 e. The van der Waals surface area contributed by atoms with E-state index in [9.17, 15) is 25.2 Å². The molecule has 6 N–H and O–H groups in total. The Bertz CT molecular complexity index is 953. The van der Waals surface area contributed by atoms with Crippen molar-refractivity contribution in [1.29, 1.82) is 0 Å². The molecule has 8 nitrogen and oxygen atoms in total. The van der Waals surface area contributed by atoms with Gasteiger partial charge in [-0.05, 0) is 48.1 Å². The number of aliphatic hydroxyl groups is 4. The number of allylic oxidation sites excluding steroid dienone is 1. The lowest BCUT2D eigenvalue weighted by molar-refractivity contribution is -0.229. The smallest absolute Gasteiger partial charge is 0.175 e. The number of ketones is 1. The second kappa shape index (κ2) is 11.3. The maximum atomic E-state index is 12.3. The molecule has 0 amide bonds. The molecular formula is C23H26N2O6S. The number of benzene rings is 2. The summed E-state index contributed by atoms with van der Waals surface area (Å²) in [5.74, 6) is -0.339. The van der Waals surface area contributed by atoms with Gasteiger partial charge in [-0.3, -0.25) is 4.79 Å². The minimum atomic E-state index is -1.50. The fraction of sp³-hybridized carbons (Fsp3) is 0.304. The Morgan fingerprint density at radius 3 is 2.31 bits per heavy atom. The molecule has 0 unspecified atom stereocenters. The zero-order valence-corrected chi connectivity index (χ0v) is 18.0. The third-order valence-electron chi connectivity index (χ3n) is 5.03. The summed E-state index contributed by atoms with van der Waals surface area (Å²) in [6, 6.07) is 16.8. The van der Waals surface area contributed by atoms with Gasteiger partial charge in [0.25, 0.3) is 0 Å². The molecule has 0 radical (unpaired) electrons. The molecule has 1 fully saturated rings. The Balaban J connectivity index is 1.57. The van der Waals surface area contributed by atoms with Crippen LogP contribution in [-0.4, -0.2) is 68.4 Å². The first kappa shape index (κ1) is 24.0. The van der Waals surface area contributed by atoms with Crippen LogP contribution in [0.3, 0.4) is 0 Å². The highest BCUT2D eigenvalue weighted by Gasteiger charge is 2.43. The van der Waals surface area contributed by atoms with Gasteiger partial charge < -0.3 is 35.8 Å². The predicted octanol–water partition coefficient (Wildman–Crippen LogP) is 1.31. The van der Waals surface area contributed by atoms with Gasteiger partial charge in [-0.25, -0.2) is 0 Å². The first-order chi connectivity index (χ1) is 15.4. The van der Waals surface area contributed by atoms with E-state index in [0.717, 1.165) is 16.9 Å². The first-order valence-electron chi connectivity index (χ1n) is 10.1. The minimum absolute atomic E-state index is 0.207. The monoisotopic (exact) mass is 458 g/mol. The van der Waals surface area contributed by atoms with Crippen LogP contribution in [0.4, 0.5) is 11.4 Å². The van der Waals surface area contributed by atoms with Crippen molar-refractivity contribution in [3.05, 3.63) is 66.2 Å². The number of carbonyl (C=O) groups excluding carboxylic acids is 1. The lowest BCUT2D eigenvalue weighted by atomic mass is 9.92. The Kier molecular flexibility index (Phi) is 8.46. The van der Waals surface area contributed by atoms with Crippen molar-refractivity contribution in [3.8, 4) is 0 Å². The summed E-state index contributed by atoms with van der Waals surface area (Å²) in [6.07, 6.45) is -3.69. The van der Waals surface area contributed by atoms with Gasteiger partial charge in [-0.15, -0.1) is 0 Å². The summed E-state index contributed by atoms with van der Waals surface area (Å²) >= 11 is 5.32. The van der Waals surface area contributed by atoms with Crippen molar-refractivity contribution in [2.75, 3.05) is 17.2 Å². The van der Waals surface area contributed by atoms with Crippen molar-refractivity contribution in [2.24, 2.45) is 0 Å². The molecule has 170 valence electrons. The molecule has 32 heavy (non-hydrogen) atoms. The number of hydrogen-bond donors (Lipinski definition) is 6. The highest BCUT2D eigenvalue weighted by molar-refractivity contribution is 7.80. The normalized spacial score (nSPS) is 25.4. The van der Waals surface area contributed by atoms with Crippen LogP contribution in [0.5, 0.6) is 0 Å². The second-order valence-corrected chi connectivity index (χ2v) is 7.85. The molecule has 1 heterocycles. The molecule has 0 saturated carbocycles. The number of hydrogen-bond acceptors (Lipinski definition) is 7. The quantitative estimate of drug-likeness (QED) is 0.268. The number of ether oxygens (including phenoxy) is 1. The molecular weight excluding hydrogens is 432 g/mol. The van der Waals surface area contributed by atoms with Crippen molar-refractivity contribution in [1.82, 2.24) is 0 Å². The van der Waals surface area contributed by atoms with Crippen molar-refractivity contribution in [2.45, 2.75) is 36.9 Å². The highest BCUT2D eigenvalue weighted by atomic mass is 32.1. The molecule has 9 heteroatoms. The average Bonchev–Trinajstić information content (AvgIpc) is 2.79. The van der Waals surface area contributed by atoms with Gasteiger partial charge in [0.1, 0.15) is 24.4 Å². The lowest BCUT2D eigenvalue weighted by Crippen LogP contribution is -2.58. The molecule has 0 aliphatic carbocycles. The van der Waals surface area contributed by atoms with Gasteiger partial charge in [-0.1, -0.05) is 36.4 Å². The van der Waals surface area contributed by atoms with Gasteiger partial charge in [0.05, 0.1) is 12.7 Å². The van der Waals surface area contributed by atoms with E-state index in [2.05, 4.69) is 10.6 Å². The lowest BCUT2D eigenvalue weighted by Gasteiger charge is -2.39. The summed E-state index contributed by atoms with van der Waals surface area (Å²) < 4.78 is 5.37. The summed E-state index contributed by atoms with van der Waals surface area (Å²) in [6.45, 7) is -0.535. The number of para-hydroxylation sites is 1. The molecule has 5 atom stereocenters. The van der Waals surface area contributed by atoms with Gasteiger partial charge in [0.2, 0.25) is 0 Å². The third-order valence-corrected chi connectivity index (χ3v) is 5.24. The minimum Gasteiger partial charge on any atom is -0.394 e. The fourth-order valence-electron chi connectivity index (χ4n) is 3.34. The maximum absolute atomic E-state index is 12.3. The van der Waals surface area contributed by atoms with Crippen LogP contribution in [-0.2, 0) is 9.53 Å². The van der Waals surface area contributed by atoms with Gasteiger partial charge in [0.15, 0.2) is 10.9 Å². The summed E-state index contributed by atoms with van der Waals surface area (Å²) in [4.78, 5) is 12.3. The topological polar surface area (TPSA) is 131 Å². The largest absolute Gasteiger partial charge is 0.394 e. The second-order valence-electron chi connectivity index (χ2n) is 7.44. The molecule has 2 aromatic rings. The van der Waals surface area contributed by atoms with Gasteiger partial charge in [-0.2, -0.15) is 0 Å². The highest BCUT2D eigenvalue weighted by Crippen LogP contribution is 2.23. The molecule has 3 rings (SSSR count). The number of nitrogens with one attached hydrogen (secondary N) is 2. The van der Waals surface area contributed by atoms with Crippen LogP contribution < -0.4 is 10.6 Å². The number of carbonyl (C=O) groups is 1. The van der Waals surface area contributed by atoms with Crippen LogP contribution in [0.25, 0.3) is 6.08 Å². The number of aliphatic hydroxyl groups excluding tert-OH is 4. The summed E-state index contributed by atoms with van der Waals surface area (Å²) in [5, 5.41) is 45.6. The van der Waals surface area contributed by atoms with Crippen LogP contribution in [0.2, 0.25) is 0 Å². The molecule has 1 saturated heterocycles. The van der Waals surface area contributed by atoms with E-state index in [-0.39, 0.29) is 12.2 Å². The van der Waals surface area contributed by atoms with Crippen LogP contribution in [0.15, 0.2) is 60.7 Å². The number of rotatable bonds is 7. The van der Waals surface area contributed by atoms with Crippen molar-refractivity contribution < 1.29 is 30.0 Å². The average molecular weight is 459 g/mol. The molecule has 1 aliphatic heterocycles. The summed E-state index contributed by atoms with van der Waals surface area (Å²) in [5.41, 5.74) is 2.35. The summed E-state index contributed by atoms with van der Waals surface area (Å²) in [7, 11) is 0. The van der Waals surface area contributed by atoms with E-state index in [1.807, 2.05) is 54.6 Å². The first-order valence-corrected chi connectivity index (χ1v) is 10.5. The predicted molar refractivity (Wildman–Crippen MR) is 125 cm³/mol. The number of thiocarbonyl (C=S) groups is 1. The molecule has 0 bridgehead atoms.